The topological polar surface area (TPSA) is 30.5 Å². The fourth-order valence-electron chi connectivity index (χ4n) is 2.15. The molecular formula is C17H25NO2. The molecule has 0 aliphatic heterocycles. The lowest BCUT2D eigenvalue weighted by Crippen LogP contribution is -2.20. The summed E-state index contributed by atoms with van der Waals surface area (Å²) in [7, 11) is 0. The Balaban J connectivity index is 2.97. The van der Waals surface area contributed by atoms with Crippen molar-refractivity contribution in [3.05, 3.63) is 23.8 Å². The molecule has 0 aliphatic carbocycles. The summed E-state index contributed by atoms with van der Waals surface area (Å²) < 4.78 is 11.3. The molecule has 0 radical (unpaired) electrons. The van der Waals surface area contributed by atoms with Crippen LogP contribution in [0.1, 0.15) is 45.2 Å². The predicted molar refractivity (Wildman–Crippen MR) is 83.3 cm³/mol. The van der Waals surface area contributed by atoms with Crippen molar-refractivity contribution in [1.82, 2.24) is 5.32 Å². The number of ether oxygens (including phenoxy) is 2. The van der Waals surface area contributed by atoms with Gasteiger partial charge in [-0.25, -0.2) is 0 Å². The molecule has 1 unspecified atom stereocenters. The third kappa shape index (κ3) is 4.79. The van der Waals surface area contributed by atoms with Crippen molar-refractivity contribution >= 4 is 0 Å². The molecule has 3 nitrogen and oxygen atoms in total. The van der Waals surface area contributed by atoms with Crippen LogP contribution in [0.4, 0.5) is 0 Å². The summed E-state index contributed by atoms with van der Waals surface area (Å²) in [5.74, 6) is 4.30. The number of rotatable bonds is 9. The molecule has 3 heteroatoms. The van der Waals surface area contributed by atoms with E-state index >= 15 is 0 Å². The van der Waals surface area contributed by atoms with Gasteiger partial charge in [-0.05, 0) is 44.5 Å². The largest absolute Gasteiger partial charge is 0.490 e. The molecule has 1 rings (SSSR count). The molecule has 1 atom stereocenters. The van der Waals surface area contributed by atoms with E-state index in [-0.39, 0.29) is 6.04 Å². The maximum atomic E-state index is 5.67. The van der Waals surface area contributed by atoms with Crippen molar-refractivity contribution in [3.63, 3.8) is 0 Å². The molecule has 1 N–H and O–H groups in total. The lowest BCUT2D eigenvalue weighted by Gasteiger charge is -2.19. The first-order chi connectivity index (χ1) is 9.76. The second kappa shape index (κ2) is 9.28. The van der Waals surface area contributed by atoms with E-state index in [1.165, 1.54) is 5.56 Å². The summed E-state index contributed by atoms with van der Waals surface area (Å²) in [6.45, 7) is 8.21. The highest BCUT2D eigenvalue weighted by Gasteiger charge is 2.13. The van der Waals surface area contributed by atoms with Crippen molar-refractivity contribution < 1.29 is 9.47 Å². The maximum Gasteiger partial charge on any atom is 0.161 e. The number of benzene rings is 1. The van der Waals surface area contributed by atoms with Crippen molar-refractivity contribution in [2.75, 3.05) is 19.8 Å². The van der Waals surface area contributed by atoms with Crippen molar-refractivity contribution in [3.8, 4) is 23.8 Å². The van der Waals surface area contributed by atoms with Gasteiger partial charge in [0, 0.05) is 12.5 Å². The molecule has 110 valence electrons. The molecule has 1 aromatic rings. The van der Waals surface area contributed by atoms with Gasteiger partial charge in [0.2, 0.25) is 0 Å². The van der Waals surface area contributed by atoms with Crippen LogP contribution in [-0.2, 0) is 0 Å². The van der Waals surface area contributed by atoms with Gasteiger partial charge in [-0.1, -0.05) is 13.0 Å². The van der Waals surface area contributed by atoms with E-state index in [9.17, 15) is 0 Å². The Morgan fingerprint density at radius 2 is 1.85 bits per heavy atom. The normalized spacial score (nSPS) is 11.7. The number of terminal acetylenes is 1. The first kappa shape index (κ1) is 16.4. The second-order valence-corrected chi connectivity index (χ2v) is 4.43. The van der Waals surface area contributed by atoms with Crippen LogP contribution in [0.25, 0.3) is 0 Å². The van der Waals surface area contributed by atoms with Crippen LogP contribution < -0.4 is 14.8 Å². The minimum Gasteiger partial charge on any atom is -0.490 e. The van der Waals surface area contributed by atoms with Crippen LogP contribution >= 0.6 is 0 Å². The Morgan fingerprint density at radius 1 is 1.15 bits per heavy atom. The molecule has 0 fully saturated rings. The Morgan fingerprint density at radius 3 is 2.45 bits per heavy atom. The van der Waals surface area contributed by atoms with Gasteiger partial charge < -0.3 is 14.8 Å². The highest BCUT2D eigenvalue weighted by molar-refractivity contribution is 5.44. The van der Waals surface area contributed by atoms with Gasteiger partial charge in [0.25, 0.3) is 0 Å². The fourth-order valence-corrected chi connectivity index (χ4v) is 2.15. The third-order valence-electron chi connectivity index (χ3n) is 3.00. The SMILES string of the molecule is C#CCCC(NCC)c1ccc(OCC)c(OCC)c1. The van der Waals surface area contributed by atoms with Crippen LogP contribution in [0.2, 0.25) is 0 Å². The van der Waals surface area contributed by atoms with Gasteiger partial charge in [0.05, 0.1) is 13.2 Å². The van der Waals surface area contributed by atoms with E-state index in [4.69, 9.17) is 15.9 Å². The molecule has 0 saturated carbocycles. The van der Waals surface area contributed by atoms with Gasteiger partial charge in [-0.3, -0.25) is 0 Å². The van der Waals surface area contributed by atoms with Gasteiger partial charge in [-0.2, -0.15) is 0 Å². The van der Waals surface area contributed by atoms with Gasteiger partial charge in [0.15, 0.2) is 11.5 Å². The van der Waals surface area contributed by atoms with Crippen molar-refractivity contribution in [2.45, 2.75) is 39.7 Å². The van der Waals surface area contributed by atoms with E-state index in [1.807, 2.05) is 19.9 Å². The first-order valence-electron chi connectivity index (χ1n) is 7.33. The van der Waals surface area contributed by atoms with E-state index in [1.54, 1.807) is 0 Å². The van der Waals surface area contributed by atoms with Crippen LogP contribution in [0.15, 0.2) is 18.2 Å². The van der Waals surface area contributed by atoms with Crippen LogP contribution in [0, 0.1) is 12.3 Å². The van der Waals surface area contributed by atoms with Gasteiger partial charge >= 0.3 is 0 Å². The number of hydrogen-bond acceptors (Lipinski definition) is 3. The molecule has 0 bridgehead atoms. The minimum absolute atomic E-state index is 0.255. The average molecular weight is 275 g/mol. The van der Waals surface area contributed by atoms with Crippen LogP contribution in [-0.4, -0.2) is 19.8 Å². The zero-order chi connectivity index (χ0) is 14.8. The van der Waals surface area contributed by atoms with Crippen molar-refractivity contribution in [2.24, 2.45) is 0 Å². The van der Waals surface area contributed by atoms with E-state index < -0.39 is 0 Å². The maximum absolute atomic E-state index is 5.67. The summed E-state index contributed by atoms with van der Waals surface area (Å²) in [5, 5.41) is 3.46. The highest BCUT2D eigenvalue weighted by Crippen LogP contribution is 2.31. The lowest BCUT2D eigenvalue weighted by atomic mass is 10.0. The zero-order valence-corrected chi connectivity index (χ0v) is 12.7. The quantitative estimate of drug-likeness (QED) is 0.699. The Kier molecular flexibility index (Phi) is 7.60. The molecule has 0 heterocycles. The third-order valence-corrected chi connectivity index (χ3v) is 3.00. The molecule has 0 aromatic heterocycles. The van der Waals surface area contributed by atoms with Gasteiger partial charge in [-0.15, -0.1) is 12.3 Å². The standard InChI is InChI=1S/C17H25NO2/c1-5-9-10-15(18-6-2)14-11-12-16(19-7-3)17(13-14)20-8-4/h1,11-13,15,18H,6-10H2,2-4H3. The summed E-state index contributed by atoms with van der Waals surface area (Å²) in [5.41, 5.74) is 1.19. The van der Waals surface area contributed by atoms with Crippen LogP contribution in [0.3, 0.4) is 0 Å². The molecule has 0 saturated heterocycles. The highest BCUT2D eigenvalue weighted by atomic mass is 16.5. The lowest BCUT2D eigenvalue weighted by molar-refractivity contribution is 0.287. The van der Waals surface area contributed by atoms with Crippen LogP contribution in [0.5, 0.6) is 11.5 Å². The summed E-state index contributed by atoms with van der Waals surface area (Å²) >= 11 is 0. The summed E-state index contributed by atoms with van der Waals surface area (Å²) in [4.78, 5) is 0. The second-order valence-electron chi connectivity index (χ2n) is 4.43. The molecule has 20 heavy (non-hydrogen) atoms. The Bertz CT molecular complexity index is 437. The van der Waals surface area contributed by atoms with Gasteiger partial charge in [0.1, 0.15) is 0 Å². The van der Waals surface area contributed by atoms with E-state index in [0.29, 0.717) is 13.2 Å². The van der Waals surface area contributed by atoms with E-state index in [0.717, 1.165) is 30.9 Å². The van der Waals surface area contributed by atoms with E-state index in [2.05, 4.69) is 30.3 Å². The van der Waals surface area contributed by atoms with Crippen molar-refractivity contribution in [1.29, 1.82) is 0 Å². The Hall–Kier alpha value is -1.66. The Labute approximate surface area is 122 Å². The summed E-state index contributed by atoms with van der Waals surface area (Å²) in [6.07, 6.45) is 7.05. The molecular weight excluding hydrogens is 250 g/mol. The molecule has 1 aromatic carbocycles. The molecule has 0 amide bonds. The fraction of sp³-hybridized carbons (Fsp3) is 0.529. The predicted octanol–water partition coefficient (Wildman–Crippen LogP) is 3.55. The molecule has 0 spiro atoms. The molecule has 0 aliphatic rings. The first-order valence-corrected chi connectivity index (χ1v) is 7.33. The smallest absolute Gasteiger partial charge is 0.161 e. The summed E-state index contributed by atoms with van der Waals surface area (Å²) in [6, 6.07) is 6.37. The number of hydrogen-bond donors (Lipinski definition) is 1. The number of nitrogens with one attached hydrogen (secondary N) is 1. The minimum atomic E-state index is 0.255. The zero-order valence-electron chi connectivity index (χ0n) is 12.7. The average Bonchev–Trinajstić information content (AvgIpc) is 2.46. The monoisotopic (exact) mass is 275 g/mol.